The number of carbonyl (C=O) groups excluding carboxylic acids is 2. The minimum Gasteiger partial charge on any atom is -0.347 e. The molecular formula is C19H22F2N4O2. The Bertz CT molecular complexity index is 861. The van der Waals surface area contributed by atoms with Crippen LogP contribution in [0.25, 0.3) is 11.0 Å². The van der Waals surface area contributed by atoms with Gasteiger partial charge in [0.2, 0.25) is 5.91 Å². The van der Waals surface area contributed by atoms with E-state index in [-0.39, 0.29) is 17.9 Å². The molecule has 1 aromatic heterocycles. The highest BCUT2D eigenvalue weighted by molar-refractivity contribution is 5.98. The minimum atomic E-state index is -2.69. The number of imidazole rings is 1. The maximum atomic E-state index is 12.8. The Morgan fingerprint density at radius 2 is 2.04 bits per heavy atom. The van der Waals surface area contributed by atoms with Crippen molar-refractivity contribution >= 4 is 22.8 Å². The number of aromatic nitrogens is 2. The van der Waals surface area contributed by atoms with Crippen LogP contribution in [0.4, 0.5) is 8.78 Å². The second-order valence-corrected chi connectivity index (χ2v) is 7.37. The van der Waals surface area contributed by atoms with Gasteiger partial charge in [0.05, 0.1) is 17.1 Å². The van der Waals surface area contributed by atoms with Gasteiger partial charge in [-0.1, -0.05) is 19.3 Å². The van der Waals surface area contributed by atoms with Gasteiger partial charge in [0.25, 0.3) is 12.3 Å². The van der Waals surface area contributed by atoms with Gasteiger partial charge in [0.1, 0.15) is 0 Å². The Hall–Kier alpha value is -2.51. The summed E-state index contributed by atoms with van der Waals surface area (Å²) in [4.78, 5) is 33.1. The van der Waals surface area contributed by atoms with Gasteiger partial charge in [-0.15, -0.1) is 0 Å². The molecule has 2 aliphatic rings. The van der Waals surface area contributed by atoms with Crippen LogP contribution in [0, 0.1) is 0 Å². The fourth-order valence-corrected chi connectivity index (χ4v) is 4.12. The molecular weight excluding hydrogens is 354 g/mol. The fourth-order valence-electron chi connectivity index (χ4n) is 4.12. The second-order valence-electron chi connectivity index (χ2n) is 7.37. The van der Waals surface area contributed by atoms with Crippen LogP contribution < -0.4 is 5.32 Å². The number of likely N-dealkylation sites (tertiary alicyclic amines) is 1. The van der Waals surface area contributed by atoms with Crippen molar-refractivity contribution in [1.29, 1.82) is 0 Å². The molecule has 2 heterocycles. The van der Waals surface area contributed by atoms with Crippen molar-refractivity contribution in [1.82, 2.24) is 20.2 Å². The average molecular weight is 376 g/mol. The van der Waals surface area contributed by atoms with Crippen LogP contribution in [0.5, 0.6) is 0 Å². The van der Waals surface area contributed by atoms with Crippen LogP contribution in [0.2, 0.25) is 0 Å². The van der Waals surface area contributed by atoms with Crippen molar-refractivity contribution in [2.24, 2.45) is 0 Å². The van der Waals surface area contributed by atoms with E-state index in [1.165, 1.54) is 12.5 Å². The van der Waals surface area contributed by atoms with Crippen molar-refractivity contribution in [2.75, 3.05) is 6.54 Å². The third-order valence-electron chi connectivity index (χ3n) is 5.48. The van der Waals surface area contributed by atoms with E-state index in [9.17, 15) is 18.4 Å². The number of halogens is 2. The summed E-state index contributed by atoms with van der Waals surface area (Å²) in [6.45, 7) is 0.539. The molecule has 1 aliphatic carbocycles. The van der Waals surface area contributed by atoms with Gasteiger partial charge in [-0.2, -0.15) is 0 Å². The first-order valence-electron chi connectivity index (χ1n) is 9.39. The van der Waals surface area contributed by atoms with Crippen molar-refractivity contribution in [2.45, 2.75) is 57.0 Å². The number of hydrogen-bond donors (Lipinski definition) is 2. The number of alkyl halides is 2. The summed E-state index contributed by atoms with van der Waals surface area (Å²) in [5.41, 5.74) is 1.14. The maximum absolute atomic E-state index is 12.8. The van der Waals surface area contributed by atoms with E-state index < -0.39 is 12.2 Å². The van der Waals surface area contributed by atoms with E-state index in [2.05, 4.69) is 15.3 Å². The van der Waals surface area contributed by atoms with E-state index in [4.69, 9.17) is 0 Å². The van der Waals surface area contributed by atoms with Crippen LogP contribution in [-0.4, -0.2) is 45.3 Å². The Morgan fingerprint density at radius 1 is 1.26 bits per heavy atom. The summed E-state index contributed by atoms with van der Waals surface area (Å²) in [6, 6.07) is 4.69. The molecule has 1 unspecified atom stereocenters. The zero-order chi connectivity index (χ0) is 19.0. The monoisotopic (exact) mass is 376 g/mol. The number of hydrogen-bond acceptors (Lipinski definition) is 3. The smallest absolute Gasteiger partial charge is 0.295 e. The van der Waals surface area contributed by atoms with E-state index in [0.29, 0.717) is 35.6 Å². The first kappa shape index (κ1) is 17.9. The van der Waals surface area contributed by atoms with E-state index in [1.54, 1.807) is 12.1 Å². The summed E-state index contributed by atoms with van der Waals surface area (Å²) in [5, 5.41) is 2.91. The fraction of sp³-hybridized carbons (Fsp3) is 0.526. The van der Waals surface area contributed by atoms with Crippen LogP contribution in [0.3, 0.4) is 0 Å². The Kier molecular flexibility index (Phi) is 4.80. The molecule has 6 nitrogen and oxygen atoms in total. The van der Waals surface area contributed by atoms with Gasteiger partial charge in [0, 0.05) is 24.6 Å². The summed E-state index contributed by atoms with van der Waals surface area (Å²) in [6.07, 6.45) is 3.22. The summed E-state index contributed by atoms with van der Waals surface area (Å²) >= 11 is 0. The Morgan fingerprint density at radius 3 is 2.78 bits per heavy atom. The van der Waals surface area contributed by atoms with E-state index >= 15 is 0 Å². The molecule has 2 aromatic rings. The molecule has 0 bridgehead atoms. The van der Waals surface area contributed by atoms with Gasteiger partial charge >= 0.3 is 0 Å². The van der Waals surface area contributed by atoms with Gasteiger partial charge < -0.3 is 15.2 Å². The number of aromatic amines is 1. The number of benzene rings is 1. The lowest BCUT2D eigenvalue weighted by Crippen LogP contribution is -2.41. The Labute approximate surface area is 155 Å². The first-order chi connectivity index (χ1) is 13.0. The number of nitrogens with one attached hydrogen (secondary N) is 2. The minimum absolute atomic E-state index is 0.0952. The van der Waals surface area contributed by atoms with Crippen molar-refractivity contribution in [3.05, 3.63) is 29.6 Å². The van der Waals surface area contributed by atoms with Crippen LogP contribution in [0.1, 0.15) is 61.1 Å². The zero-order valence-corrected chi connectivity index (χ0v) is 14.9. The molecule has 1 atom stereocenters. The summed E-state index contributed by atoms with van der Waals surface area (Å²) in [7, 11) is 0. The molecule has 2 fully saturated rings. The SMILES string of the molecule is O=C(NC1CC(=O)N(C2CCCCC2)C1)c1ccc2nc(C(F)F)[nH]c2c1. The highest BCUT2D eigenvalue weighted by atomic mass is 19.3. The zero-order valence-electron chi connectivity index (χ0n) is 14.9. The van der Waals surface area contributed by atoms with Crippen molar-refractivity contribution in [3.63, 3.8) is 0 Å². The van der Waals surface area contributed by atoms with Gasteiger partial charge in [-0.05, 0) is 31.0 Å². The molecule has 27 heavy (non-hydrogen) atoms. The standard InChI is InChI=1S/C19H22F2N4O2/c20-17(21)18-23-14-7-6-11(8-15(14)24-18)19(27)22-12-9-16(26)25(10-12)13-4-2-1-3-5-13/h6-8,12-13,17H,1-5,9-10H2,(H,22,27)(H,23,24). The summed E-state index contributed by atoms with van der Waals surface area (Å²) in [5.74, 6) is -0.627. The molecule has 1 saturated carbocycles. The molecule has 8 heteroatoms. The highest BCUT2D eigenvalue weighted by Crippen LogP contribution is 2.27. The number of amides is 2. The molecule has 0 spiro atoms. The number of rotatable bonds is 4. The second kappa shape index (κ2) is 7.25. The first-order valence-corrected chi connectivity index (χ1v) is 9.39. The molecule has 1 saturated heterocycles. The lowest BCUT2D eigenvalue weighted by molar-refractivity contribution is -0.130. The van der Waals surface area contributed by atoms with Crippen molar-refractivity contribution < 1.29 is 18.4 Å². The predicted molar refractivity (Wildman–Crippen MR) is 95.5 cm³/mol. The lowest BCUT2D eigenvalue weighted by Gasteiger charge is -2.31. The molecule has 1 aromatic carbocycles. The van der Waals surface area contributed by atoms with Gasteiger partial charge in [0.15, 0.2) is 5.82 Å². The maximum Gasteiger partial charge on any atom is 0.295 e. The van der Waals surface area contributed by atoms with Crippen LogP contribution in [0.15, 0.2) is 18.2 Å². The van der Waals surface area contributed by atoms with Crippen LogP contribution >= 0.6 is 0 Å². The molecule has 0 radical (unpaired) electrons. The number of carbonyl (C=O) groups is 2. The molecule has 1 aliphatic heterocycles. The van der Waals surface area contributed by atoms with E-state index in [0.717, 1.165) is 25.7 Å². The van der Waals surface area contributed by atoms with Gasteiger partial charge in [-0.25, -0.2) is 13.8 Å². The normalized spacial score (nSPS) is 21.4. The lowest BCUT2D eigenvalue weighted by atomic mass is 9.94. The average Bonchev–Trinajstić information content (AvgIpc) is 3.25. The highest BCUT2D eigenvalue weighted by Gasteiger charge is 2.35. The van der Waals surface area contributed by atoms with E-state index in [1.807, 2.05) is 4.90 Å². The van der Waals surface area contributed by atoms with Gasteiger partial charge in [-0.3, -0.25) is 9.59 Å². The Balaban J connectivity index is 1.43. The predicted octanol–water partition coefficient (Wildman–Crippen LogP) is 3.16. The summed E-state index contributed by atoms with van der Waals surface area (Å²) < 4.78 is 25.5. The largest absolute Gasteiger partial charge is 0.347 e. The molecule has 4 rings (SSSR count). The third-order valence-corrected chi connectivity index (χ3v) is 5.48. The molecule has 2 amide bonds. The van der Waals surface area contributed by atoms with Crippen molar-refractivity contribution in [3.8, 4) is 0 Å². The molecule has 2 N–H and O–H groups in total. The number of nitrogens with zero attached hydrogens (tertiary/aromatic N) is 2. The van der Waals surface area contributed by atoms with Crippen LogP contribution in [-0.2, 0) is 4.79 Å². The third kappa shape index (κ3) is 3.65. The quantitative estimate of drug-likeness (QED) is 0.860. The number of fused-ring (bicyclic) bond motifs is 1. The number of H-pyrrole nitrogens is 1. The molecule has 144 valence electrons. The topological polar surface area (TPSA) is 78.1 Å².